The number of rotatable bonds is 8. The highest BCUT2D eigenvalue weighted by molar-refractivity contribution is 5.90. The Morgan fingerprint density at radius 1 is 0.933 bits per heavy atom. The third-order valence-corrected chi connectivity index (χ3v) is 4.90. The van der Waals surface area contributed by atoms with Crippen molar-refractivity contribution in [3.05, 3.63) is 70.5 Å². The van der Waals surface area contributed by atoms with Crippen LogP contribution < -0.4 is 10.6 Å². The lowest BCUT2D eigenvalue weighted by atomic mass is 9.96. The lowest BCUT2D eigenvalue weighted by Crippen LogP contribution is -2.53. The number of hydrogen-bond donors (Lipinski definition) is 2. The number of ether oxygens (including phenoxy) is 1. The summed E-state index contributed by atoms with van der Waals surface area (Å²) >= 11 is 0. The van der Waals surface area contributed by atoms with Crippen LogP contribution in [0.5, 0.6) is 0 Å². The minimum Gasteiger partial charge on any atom is -0.467 e. The van der Waals surface area contributed by atoms with E-state index in [4.69, 9.17) is 4.74 Å². The summed E-state index contributed by atoms with van der Waals surface area (Å²) in [6.07, 6.45) is 0.420. The second-order valence-electron chi connectivity index (χ2n) is 7.24. The van der Waals surface area contributed by atoms with E-state index in [1.165, 1.54) is 26.2 Å². The molecule has 0 aliphatic rings. The van der Waals surface area contributed by atoms with E-state index in [0.29, 0.717) is 5.56 Å². The molecule has 2 aromatic carbocycles. The van der Waals surface area contributed by atoms with E-state index in [1.807, 2.05) is 32.0 Å². The normalized spacial score (nSPS) is 12.6. The van der Waals surface area contributed by atoms with Gasteiger partial charge in [0.2, 0.25) is 11.8 Å². The van der Waals surface area contributed by atoms with Crippen molar-refractivity contribution in [1.29, 1.82) is 0 Å². The summed E-state index contributed by atoms with van der Waals surface area (Å²) in [6.45, 7) is 5.18. The summed E-state index contributed by atoms with van der Waals surface area (Å²) in [6, 6.07) is 9.64. The molecule has 2 rings (SSSR count). The van der Waals surface area contributed by atoms with Crippen LogP contribution in [-0.2, 0) is 32.0 Å². The zero-order chi connectivity index (χ0) is 22.3. The van der Waals surface area contributed by atoms with Crippen LogP contribution in [0.4, 0.5) is 4.39 Å². The number of amides is 2. The molecule has 0 bridgehead atoms. The van der Waals surface area contributed by atoms with Gasteiger partial charge >= 0.3 is 5.97 Å². The highest BCUT2D eigenvalue weighted by atomic mass is 19.1. The molecule has 0 radical (unpaired) electrons. The Hall–Kier alpha value is -3.22. The van der Waals surface area contributed by atoms with E-state index >= 15 is 0 Å². The Morgan fingerprint density at radius 2 is 1.53 bits per heavy atom. The SMILES string of the molecule is COC(=O)[C@H](Cc1c(C)cccc1C)NC(=O)[C@H](Cc1ccc(F)cc1)NC(C)=O. The number of esters is 1. The molecule has 0 fully saturated rings. The van der Waals surface area contributed by atoms with Crippen molar-refractivity contribution in [1.82, 2.24) is 10.6 Å². The van der Waals surface area contributed by atoms with Crippen LogP contribution in [0.25, 0.3) is 0 Å². The van der Waals surface area contributed by atoms with E-state index < -0.39 is 29.8 Å². The van der Waals surface area contributed by atoms with Crippen LogP contribution in [0.15, 0.2) is 42.5 Å². The van der Waals surface area contributed by atoms with Crippen molar-refractivity contribution in [2.45, 2.75) is 45.7 Å². The summed E-state index contributed by atoms with van der Waals surface area (Å²) in [5, 5.41) is 5.30. The second kappa shape index (κ2) is 10.5. The van der Waals surface area contributed by atoms with Gasteiger partial charge in [0.1, 0.15) is 17.9 Å². The molecule has 0 aliphatic carbocycles. The molecule has 2 amide bonds. The number of hydrogen-bond acceptors (Lipinski definition) is 4. The van der Waals surface area contributed by atoms with Crippen LogP contribution in [0.2, 0.25) is 0 Å². The monoisotopic (exact) mass is 414 g/mol. The molecule has 2 atom stereocenters. The molecule has 0 aliphatic heterocycles. The topological polar surface area (TPSA) is 84.5 Å². The Bertz CT molecular complexity index is 892. The molecule has 30 heavy (non-hydrogen) atoms. The molecule has 0 saturated carbocycles. The molecule has 6 nitrogen and oxygen atoms in total. The van der Waals surface area contributed by atoms with E-state index in [0.717, 1.165) is 16.7 Å². The van der Waals surface area contributed by atoms with Gasteiger partial charge in [-0.2, -0.15) is 0 Å². The van der Waals surface area contributed by atoms with E-state index in [9.17, 15) is 18.8 Å². The highest BCUT2D eigenvalue weighted by Crippen LogP contribution is 2.16. The van der Waals surface area contributed by atoms with Gasteiger partial charge in [0, 0.05) is 19.8 Å². The van der Waals surface area contributed by atoms with Crippen molar-refractivity contribution in [2.24, 2.45) is 0 Å². The molecule has 0 unspecified atom stereocenters. The Balaban J connectivity index is 2.22. The van der Waals surface area contributed by atoms with Crippen LogP contribution >= 0.6 is 0 Å². The van der Waals surface area contributed by atoms with Crippen molar-refractivity contribution < 1.29 is 23.5 Å². The first-order valence-corrected chi connectivity index (χ1v) is 9.66. The van der Waals surface area contributed by atoms with Crippen LogP contribution in [0, 0.1) is 19.7 Å². The molecule has 7 heteroatoms. The predicted molar refractivity (Wildman–Crippen MR) is 111 cm³/mol. The average molecular weight is 414 g/mol. The zero-order valence-electron chi connectivity index (χ0n) is 17.6. The van der Waals surface area contributed by atoms with Gasteiger partial charge in [-0.1, -0.05) is 30.3 Å². The Morgan fingerprint density at radius 3 is 2.07 bits per heavy atom. The molecule has 0 saturated heterocycles. The van der Waals surface area contributed by atoms with Gasteiger partial charge in [-0.05, 0) is 48.2 Å². The molecule has 2 N–H and O–H groups in total. The summed E-state index contributed by atoms with van der Waals surface area (Å²) in [4.78, 5) is 36.9. The Kier molecular flexibility index (Phi) is 8.09. The minimum absolute atomic E-state index is 0.156. The quantitative estimate of drug-likeness (QED) is 0.650. The highest BCUT2D eigenvalue weighted by Gasteiger charge is 2.28. The standard InChI is InChI=1S/C23H27FN2O4/c1-14-6-5-7-15(2)19(14)13-21(23(29)30-4)26-22(28)20(25-16(3)27)12-17-8-10-18(24)11-9-17/h5-11,20-21H,12-13H2,1-4H3,(H,25,27)(H,26,28)/t20-,21-/m0/s1. The number of aryl methyl sites for hydroxylation is 2. The molecular formula is C23H27FN2O4. The number of carbonyl (C=O) groups excluding carboxylic acids is 3. The molecular weight excluding hydrogens is 387 g/mol. The van der Waals surface area contributed by atoms with Crippen molar-refractivity contribution in [3.63, 3.8) is 0 Å². The molecule has 2 aromatic rings. The Labute approximate surface area is 175 Å². The van der Waals surface area contributed by atoms with E-state index in [-0.39, 0.29) is 18.7 Å². The molecule has 0 spiro atoms. The van der Waals surface area contributed by atoms with Gasteiger partial charge in [-0.3, -0.25) is 9.59 Å². The first-order valence-electron chi connectivity index (χ1n) is 9.66. The van der Waals surface area contributed by atoms with Gasteiger partial charge in [-0.25, -0.2) is 9.18 Å². The van der Waals surface area contributed by atoms with Gasteiger partial charge in [0.05, 0.1) is 7.11 Å². The lowest BCUT2D eigenvalue weighted by molar-refractivity contribution is -0.145. The number of nitrogens with one attached hydrogen (secondary N) is 2. The summed E-state index contributed by atoms with van der Waals surface area (Å²) in [5.41, 5.74) is 3.63. The number of benzene rings is 2. The van der Waals surface area contributed by atoms with Crippen molar-refractivity contribution in [2.75, 3.05) is 7.11 Å². The first-order chi connectivity index (χ1) is 14.2. The fraction of sp³-hybridized carbons (Fsp3) is 0.348. The molecule has 0 heterocycles. The smallest absolute Gasteiger partial charge is 0.328 e. The number of methoxy groups -OCH3 is 1. The van der Waals surface area contributed by atoms with Gasteiger partial charge in [0.15, 0.2) is 0 Å². The zero-order valence-corrected chi connectivity index (χ0v) is 17.6. The maximum Gasteiger partial charge on any atom is 0.328 e. The predicted octanol–water partition coefficient (Wildman–Crippen LogP) is 2.39. The summed E-state index contributed by atoms with van der Waals surface area (Å²) < 4.78 is 18.0. The fourth-order valence-electron chi connectivity index (χ4n) is 3.29. The van der Waals surface area contributed by atoms with Crippen molar-refractivity contribution in [3.8, 4) is 0 Å². The fourth-order valence-corrected chi connectivity index (χ4v) is 3.29. The van der Waals surface area contributed by atoms with Crippen LogP contribution in [0.1, 0.15) is 29.2 Å². The summed E-state index contributed by atoms with van der Waals surface area (Å²) in [7, 11) is 1.26. The number of carbonyl (C=O) groups is 3. The van der Waals surface area contributed by atoms with Gasteiger partial charge in [0.25, 0.3) is 0 Å². The maximum absolute atomic E-state index is 13.2. The number of halogens is 1. The second-order valence-corrected chi connectivity index (χ2v) is 7.24. The first kappa shape index (κ1) is 23.1. The lowest BCUT2D eigenvalue weighted by Gasteiger charge is -2.23. The molecule has 0 aromatic heterocycles. The summed E-state index contributed by atoms with van der Waals surface area (Å²) in [5.74, 6) is -1.87. The van der Waals surface area contributed by atoms with E-state index in [1.54, 1.807) is 12.1 Å². The maximum atomic E-state index is 13.2. The molecule has 160 valence electrons. The van der Waals surface area contributed by atoms with Crippen LogP contribution in [0.3, 0.4) is 0 Å². The largest absolute Gasteiger partial charge is 0.467 e. The minimum atomic E-state index is -0.918. The average Bonchev–Trinajstić information content (AvgIpc) is 2.70. The van der Waals surface area contributed by atoms with E-state index in [2.05, 4.69) is 10.6 Å². The van der Waals surface area contributed by atoms with Crippen molar-refractivity contribution >= 4 is 17.8 Å². The van der Waals surface area contributed by atoms with Crippen LogP contribution in [-0.4, -0.2) is 37.0 Å². The van der Waals surface area contributed by atoms with Gasteiger partial charge in [-0.15, -0.1) is 0 Å². The third kappa shape index (κ3) is 6.40. The third-order valence-electron chi connectivity index (χ3n) is 4.90. The van der Waals surface area contributed by atoms with Gasteiger partial charge < -0.3 is 15.4 Å².